The van der Waals surface area contributed by atoms with Crippen molar-refractivity contribution in [2.75, 3.05) is 13.7 Å². The third-order valence-electron chi connectivity index (χ3n) is 0.464. The van der Waals surface area contributed by atoms with Gasteiger partial charge in [0, 0.05) is 7.05 Å². The molecule has 1 amide bonds. The largest absolute Gasteiger partial charge is 0.357 e. The minimum atomic E-state index is -0.102. The first-order valence-electron chi connectivity index (χ1n) is 1.75. The van der Waals surface area contributed by atoms with Crippen LogP contribution in [0, 0.1) is 0 Å². The Hall–Kier alpha value is 0.160. The molecule has 0 aromatic carbocycles. The molecule has 0 saturated heterocycles. The SMILES string of the molecule is CNC(=O)COI. The van der Waals surface area contributed by atoms with Crippen molar-refractivity contribution >= 4 is 28.9 Å². The molecular weight excluding hydrogens is 209 g/mol. The summed E-state index contributed by atoms with van der Waals surface area (Å²) in [7, 11) is 1.57. The summed E-state index contributed by atoms with van der Waals surface area (Å²) in [4.78, 5) is 10.2. The maximum atomic E-state index is 10.2. The molecule has 0 aliphatic rings. The number of hydrogen-bond donors (Lipinski definition) is 1. The van der Waals surface area contributed by atoms with Crippen molar-refractivity contribution < 1.29 is 7.86 Å². The van der Waals surface area contributed by atoms with E-state index in [-0.39, 0.29) is 12.5 Å². The zero-order chi connectivity index (χ0) is 5.70. The number of rotatable bonds is 2. The van der Waals surface area contributed by atoms with Crippen LogP contribution in [0.5, 0.6) is 0 Å². The fourth-order valence-corrected chi connectivity index (χ4v) is 0.405. The van der Waals surface area contributed by atoms with E-state index in [0.29, 0.717) is 0 Å². The van der Waals surface area contributed by atoms with E-state index in [1.165, 1.54) is 0 Å². The number of halogens is 1. The van der Waals surface area contributed by atoms with Crippen LogP contribution in [0.25, 0.3) is 0 Å². The van der Waals surface area contributed by atoms with Gasteiger partial charge in [-0.1, -0.05) is 0 Å². The summed E-state index contributed by atoms with van der Waals surface area (Å²) in [5, 5.41) is 2.40. The lowest BCUT2D eigenvalue weighted by atomic mass is 10.7. The van der Waals surface area contributed by atoms with E-state index >= 15 is 0 Å². The second-order valence-corrected chi connectivity index (χ2v) is 1.55. The number of carbonyl (C=O) groups excluding carboxylic acids is 1. The number of likely N-dealkylation sites (N-methyl/N-ethyl adjacent to an activating group) is 1. The summed E-state index contributed by atoms with van der Waals surface area (Å²) in [6, 6.07) is 0. The molecule has 0 rings (SSSR count). The monoisotopic (exact) mass is 215 g/mol. The van der Waals surface area contributed by atoms with Crippen molar-refractivity contribution in [3.05, 3.63) is 0 Å². The van der Waals surface area contributed by atoms with Crippen LogP contribution in [-0.2, 0) is 7.86 Å². The van der Waals surface area contributed by atoms with Crippen molar-refractivity contribution in [1.29, 1.82) is 0 Å². The van der Waals surface area contributed by atoms with Gasteiger partial charge in [-0.25, -0.2) is 0 Å². The number of hydrogen-bond acceptors (Lipinski definition) is 2. The molecule has 0 aliphatic carbocycles. The van der Waals surface area contributed by atoms with Gasteiger partial charge in [0.15, 0.2) is 0 Å². The highest BCUT2D eigenvalue weighted by molar-refractivity contribution is 14.1. The Labute approximate surface area is 56.1 Å². The van der Waals surface area contributed by atoms with Gasteiger partial charge in [-0.3, -0.25) is 4.79 Å². The van der Waals surface area contributed by atoms with Gasteiger partial charge in [-0.15, -0.1) is 0 Å². The molecule has 1 N–H and O–H groups in total. The average Bonchev–Trinajstić information content (AvgIpc) is 1.68. The predicted molar refractivity (Wildman–Crippen MR) is 34.0 cm³/mol. The Kier molecular flexibility index (Phi) is 4.42. The predicted octanol–water partition coefficient (Wildman–Crippen LogP) is 0.0990. The summed E-state index contributed by atoms with van der Waals surface area (Å²) >= 11 is 1.67. The van der Waals surface area contributed by atoms with Crippen molar-refractivity contribution in [2.45, 2.75) is 0 Å². The van der Waals surface area contributed by atoms with Crippen molar-refractivity contribution in [1.82, 2.24) is 5.32 Å². The second kappa shape index (κ2) is 4.32. The first-order valence-corrected chi connectivity index (χ1v) is 2.63. The zero-order valence-electron chi connectivity index (χ0n) is 3.90. The Bertz CT molecular complexity index is 66.0. The fraction of sp³-hybridized carbons (Fsp3) is 0.667. The smallest absolute Gasteiger partial charge is 0.246 e. The van der Waals surface area contributed by atoms with E-state index in [1.807, 2.05) is 0 Å². The Morgan fingerprint density at radius 3 is 2.71 bits per heavy atom. The normalized spacial score (nSPS) is 8.29. The minimum absolute atomic E-state index is 0.102. The molecule has 0 fully saturated rings. The standard InChI is InChI=1S/C3H6INO2/c1-5-3(6)2-7-4/h2H2,1H3,(H,5,6). The third kappa shape index (κ3) is 4.00. The Balaban J connectivity index is 3.00. The lowest BCUT2D eigenvalue weighted by molar-refractivity contribution is -0.121. The van der Waals surface area contributed by atoms with Gasteiger partial charge >= 0.3 is 0 Å². The number of carbonyl (C=O) groups is 1. The molecule has 3 nitrogen and oxygen atoms in total. The molecule has 0 aliphatic heterocycles. The molecular formula is C3H6INO2. The Morgan fingerprint density at radius 1 is 2.00 bits per heavy atom. The van der Waals surface area contributed by atoms with Crippen molar-refractivity contribution in [3.8, 4) is 0 Å². The highest BCUT2D eigenvalue weighted by atomic mass is 127. The lowest BCUT2D eigenvalue weighted by Gasteiger charge is -1.91. The van der Waals surface area contributed by atoms with Crippen LogP contribution in [0.1, 0.15) is 0 Å². The summed E-state index contributed by atoms with van der Waals surface area (Å²) in [5.41, 5.74) is 0. The van der Waals surface area contributed by atoms with Crippen molar-refractivity contribution in [2.24, 2.45) is 0 Å². The zero-order valence-corrected chi connectivity index (χ0v) is 6.06. The minimum Gasteiger partial charge on any atom is -0.357 e. The molecule has 0 spiro atoms. The van der Waals surface area contributed by atoms with E-state index in [0.717, 1.165) is 0 Å². The first kappa shape index (κ1) is 7.16. The summed E-state index contributed by atoms with van der Waals surface area (Å²) in [6.45, 7) is 0.136. The molecule has 0 saturated carbocycles. The van der Waals surface area contributed by atoms with Gasteiger partial charge in [-0.2, -0.15) is 0 Å². The maximum absolute atomic E-state index is 10.2. The van der Waals surface area contributed by atoms with Gasteiger partial charge in [0.05, 0.1) is 0 Å². The van der Waals surface area contributed by atoms with E-state index in [4.69, 9.17) is 0 Å². The molecule has 42 valence electrons. The van der Waals surface area contributed by atoms with Crippen LogP contribution in [0.15, 0.2) is 0 Å². The second-order valence-electron chi connectivity index (χ2n) is 0.927. The molecule has 0 heterocycles. The van der Waals surface area contributed by atoms with Gasteiger partial charge in [0.25, 0.3) is 0 Å². The quantitative estimate of drug-likeness (QED) is 0.663. The van der Waals surface area contributed by atoms with Crippen molar-refractivity contribution in [3.63, 3.8) is 0 Å². The highest BCUT2D eigenvalue weighted by Crippen LogP contribution is 1.81. The topological polar surface area (TPSA) is 38.3 Å². The van der Waals surface area contributed by atoms with Crippen LogP contribution in [-0.4, -0.2) is 19.6 Å². The maximum Gasteiger partial charge on any atom is 0.246 e. The Morgan fingerprint density at radius 2 is 2.57 bits per heavy atom. The van der Waals surface area contributed by atoms with Crippen LogP contribution >= 0.6 is 23.0 Å². The molecule has 0 aromatic rings. The van der Waals surface area contributed by atoms with Gasteiger partial charge < -0.3 is 8.38 Å². The highest BCUT2D eigenvalue weighted by Gasteiger charge is 1.91. The molecule has 7 heavy (non-hydrogen) atoms. The van der Waals surface area contributed by atoms with E-state index in [1.54, 1.807) is 30.1 Å². The van der Waals surface area contributed by atoms with Crippen LogP contribution in [0.4, 0.5) is 0 Å². The molecule has 0 unspecified atom stereocenters. The lowest BCUT2D eigenvalue weighted by Crippen LogP contribution is -2.21. The molecule has 0 bridgehead atoms. The van der Waals surface area contributed by atoms with E-state index in [2.05, 4.69) is 8.38 Å². The third-order valence-corrected chi connectivity index (χ3v) is 0.776. The molecule has 4 heteroatoms. The molecule has 0 radical (unpaired) electrons. The average molecular weight is 215 g/mol. The van der Waals surface area contributed by atoms with Gasteiger partial charge in [0.2, 0.25) is 5.91 Å². The van der Waals surface area contributed by atoms with E-state index in [9.17, 15) is 4.79 Å². The van der Waals surface area contributed by atoms with Crippen LogP contribution in [0.3, 0.4) is 0 Å². The summed E-state index contributed by atoms with van der Waals surface area (Å²) in [5.74, 6) is -0.102. The van der Waals surface area contributed by atoms with E-state index < -0.39 is 0 Å². The summed E-state index contributed by atoms with van der Waals surface area (Å²) in [6.07, 6.45) is 0. The number of nitrogens with one attached hydrogen (secondary N) is 1. The first-order chi connectivity index (χ1) is 3.31. The van der Waals surface area contributed by atoms with Gasteiger partial charge in [0.1, 0.15) is 29.6 Å². The molecule has 0 atom stereocenters. The van der Waals surface area contributed by atoms with Gasteiger partial charge in [-0.05, 0) is 0 Å². The fourth-order valence-electron chi connectivity index (χ4n) is 0.122. The number of amides is 1. The summed E-state index contributed by atoms with van der Waals surface area (Å²) < 4.78 is 4.45. The van der Waals surface area contributed by atoms with Crippen LogP contribution in [0.2, 0.25) is 0 Å². The molecule has 0 aromatic heterocycles. The van der Waals surface area contributed by atoms with Crippen LogP contribution < -0.4 is 5.32 Å².